The lowest BCUT2D eigenvalue weighted by Crippen LogP contribution is -2.50. The predicted molar refractivity (Wildman–Crippen MR) is 103 cm³/mol. The Balaban J connectivity index is 1.96. The number of rotatable bonds is 9. The highest BCUT2D eigenvalue weighted by Crippen LogP contribution is 2.35. The topological polar surface area (TPSA) is 41.6 Å². The maximum absolute atomic E-state index is 13.2. The zero-order valence-corrected chi connectivity index (χ0v) is 16.1. The van der Waals surface area contributed by atoms with E-state index in [9.17, 15) is 4.79 Å². The van der Waals surface area contributed by atoms with Crippen molar-refractivity contribution in [1.82, 2.24) is 10.2 Å². The van der Waals surface area contributed by atoms with E-state index in [2.05, 4.69) is 43.1 Å². The molecule has 0 saturated carbocycles. The van der Waals surface area contributed by atoms with Crippen molar-refractivity contribution in [2.45, 2.75) is 57.9 Å². The minimum Gasteiger partial charge on any atom is -0.381 e. The van der Waals surface area contributed by atoms with E-state index in [0.717, 1.165) is 50.9 Å². The van der Waals surface area contributed by atoms with Crippen LogP contribution in [0.3, 0.4) is 0 Å². The molecular formula is C21H34N2O2. The number of carbonyl (C=O) groups excluding carboxylic acids is 1. The SMILES string of the molecule is CCN(CC)CCC[C@H](C)NC(=O)C1(c2ccccc2)CCOCC1. The molecule has 0 spiro atoms. The van der Waals surface area contributed by atoms with Gasteiger partial charge in [0.15, 0.2) is 0 Å². The highest BCUT2D eigenvalue weighted by molar-refractivity contribution is 5.88. The van der Waals surface area contributed by atoms with Crippen molar-refractivity contribution in [1.29, 1.82) is 0 Å². The van der Waals surface area contributed by atoms with Gasteiger partial charge < -0.3 is 15.0 Å². The summed E-state index contributed by atoms with van der Waals surface area (Å²) in [5, 5.41) is 3.29. The molecule has 4 heteroatoms. The molecule has 1 atom stereocenters. The molecule has 0 aliphatic carbocycles. The number of benzene rings is 1. The summed E-state index contributed by atoms with van der Waals surface area (Å²) in [5.41, 5.74) is 0.679. The molecule has 4 nitrogen and oxygen atoms in total. The maximum atomic E-state index is 13.2. The van der Waals surface area contributed by atoms with E-state index < -0.39 is 5.41 Å². The van der Waals surface area contributed by atoms with Crippen LogP contribution in [0.2, 0.25) is 0 Å². The molecule has 1 fully saturated rings. The van der Waals surface area contributed by atoms with E-state index in [-0.39, 0.29) is 11.9 Å². The fourth-order valence-corrected chi connectivity index (χ4v) is 3.72. The first-order valence-corrected chi connectivity index (χ1v) is 9.79. The zero-order chi connectivity index (χ0) is 18.1. The van der Waals surface area contributed by atoms with Gasteiger partial charge in [0.05, 0.1) is 5.41 Å². The van der Waals surface area contributed by atoms with Gasteiger partial charge in [-0.3, -0.25) is 4.79 Å². The van der Waals surface area contributed by atoms with Gasteiger partial charge in [0, 0.05) is 19.3 Å². The minimum atomic E-state index is -0.438. The van der Waals surface area contributed by atoms with Crippen molar-refractivity contribution in [2.24, 2.45) is 0 Å². The molecule has 1 N–H and O–H groups in total. The number of ether oxygens (including phenoxy) is 1. The summed E-state index contributed by atoms with van der Waals surface area (Å²) in [6, 6.07) is 10.4. The smallest absolute Gasteiger partial charge is 0.231 e. The lowest BCUT2D eigenvalue weighted by molar-refractivity contribution is -0.131. The molecule has 1 heterocycles. The Bertz CT molecular complexity index is 508. The predicted octanol–water partition coefficient (Wildman–Crippen LogP) is 3.36. The van der Waals surface area contributed by atoms with Crippen molar-refractivity contribution in [2.75, 3.05) is 32.8 Å². The molecule has 1 aliphatic rings. The molecule has 1 aliphatic heterocycles. The van der Waals surface area contributed by atoms with Crippen molar-refractivity contribution in [3.8, 4) is 0 Å². The monoisotopic (exact) mass is 346 g/mol. The summed E-state index contributed by atoms with van der Waals surface area (Å²) in [4.78, 5) is 15.6. The summed E-state index contributed by atoms with van der Waals surface area (Å²) < 4.78 is 5.53. The van der Waals surface area contributed by atoms with Crippen LogP contribution in [0.25, 0.3) is 0 Å². The van der Waals surface area contributed by atoms with E-state index in [1.807, 2.05) is 18.2 Å². The van der Waals surface area contributed by atoms with Gasteiger partial charge in [-0.25, -0.2) is 0 Å². The molecule has 0 aromatic heterocycles. The van der Waals surface area contributed by atoms with Gasteiger partial charge in [0.25, 0.3) is 0 Å². The Morgan fingerprint density at radius 1 is 1.20 bits per heavy atom. The average molecular weight is 347 g/mol. The molecule has 140 valence electrons. The average Bonchev–Trinajstić information content (AvgIpc) is 2.66. The van der Waals surface area contributed by atoms with Crippen molar-refractivity contribution in [3.05, 3.63) is 35.9 Å². The van der Waals surface area contributed by atoms with Crippen molar-refractivity contribution < 1.29 is 9.53 Å². The van der Waals surface area contributed by atoms with Crippen molar-refractivity contribution in [3.63, 3.8) is 0 Å². The Morgan fingerprint density at radius 3 is 2.44 bits per heavy atom. The second kappa shape index (κ2) is 9.93. The van der Waals surface area contributed by atoms with Crippen LogP contribution in [-0.4, -0.2) is 49.7 Å². The van der Waals surface area contributed by atoms with E-state index >= 15 is 0 Å². The molecule has 25 heavy (non-hydrogen) atoms. The normalized spacial score (nSPS) is 18.1. The molecule has 1 amide bonds. The Morgan fingerprint density at radius 2 is 1.84 bits per heavy atom. The van der Waals surface area contributed by atoms with Crippen LogP contribution in [0.5, 0.6) is 0 Å². The first-order valence-electron chi connectivity index (χ1n) is 9.79. The van der Waals surface area contributed by atoms with Gasteiger partial charge in [-0.2, -0.15) is 0 Å². The standard InChI is InChI=1S/C21H34N2O2/c1-4-23(5-2)15-9-10-18(3)22-20(24)21(13-16-25-17-14-21)19-11-7-6-8-12-19/h6-8,11-12,18H,4-5,9-10,13-17H2,1-3H3,(H,22,24)/t18-/m0/s1. The Kier molecular flexibility index (Phi) is 7.91. The van der Waals surface area contributed by atoms with Gasteiger partial charge in [-0.15, -0.1) is 0 Å². The summed E-state index contributed by atoms with van der Waals surface area (Å²) in [5.74, 6) is 0.164. The summed E-state index contributed by atoms with van der Waals surface area (Å²) in [7, 11) is 0. The van der Waals surface area contributed by atoms with Gasteiger partial charge in [-0.1, -0.05) is 44.2 Å². The summed E-state index contributed by atoms with van der Waals surface area (Å²) in [6.07, 6.45) is 3.65. The zero-order valence-electron chi connectivity index (χ0n) is 16.1. The van der Waals surface area contributed by atoms with Gasteiger partial charge in [0.1, 0.15) is 0 Å². The van der Waals surface area contributed by atoms with Crippen molar-refractivity contribution >= 4 is 5.91 Å². The third-order valence-electron chi connectivity index (χ3n) is 5.49. The van der Waals surface area contributed by atoms with Crippen LogP contribution >= 0.6 is 0 Å². The van der Waals surface area contributed by atoms with Gasteiger partial charge in [0.2, 0.25) is 5.91 Å². The van der Waals surface area contributed by atoms with Crippen LogP contribution in [0, 0.1) is 0 Å². The second-order valence-corrected chi connectivity index (χ2v) is 7.10. The highest BCUT2D eigenvalue weighted by Gasteiger charge is 2.41. The Labute approximate surface area is 152 Å². The number of carbonyl (C=O) groups is 1. The van der Waals surface area contributed by atoms with Crippen LogP contribution in [0.4, 0.5) is 0 Å². The van der Waals surface area contributed by atoms with E-state index in [1.54, 1.807) is 0 Å². The summed E-state index contributed by atoms with van der Waals surface area (Å²) in [6.45, 7) is 11.1. The van der Waals surface area contributed by atoms with E-state index in [4.69, 9.17) is 4.74 Å². The molecule has 1 aromatic carbocycles. The quantitative estimate of drug-likeness (QED) is 0.745. The largest absolute Gasteiger partial charge is 0.381 e. The van der Waals surface area contributed by atoms with E-state index in [1.165, 1.54) is 0 Å². The van der Waals surface area contributed by atoms with Crippen LogP contribution in [0.1, 0.15) is 52.0 Å². The molecular weight excluding hydrogens is 312 g/mol. The summed E-state index contributed by atoms with van der Waals surface area (Å²) >= 11 is 0. The molecule has 1 saturated heterocycles. The lowest BCUT2D eigenvalue weighted by atomic mass is 9.73. The number of hydrogen-bond donors (Lipinski definition) is 1. The van der Waals surface area contributed by atoms with Crippen LogP contribution in [-0.2, 0) is 14.9 Å². The van der Waals surface area contributed by atoms with Crippen LogP contribution in [0.15, 0.2) is 30.3 Å². The fourth-order valence-electron chi connectivity index (χ4n) is 3.72. The number of nitrogens with one attached hydrogen (secondary N) is 1. The number of amides is 1. The highest BCUT2D eigenvalue weighted by atomic mass is 16.5. The molecule has 0 unspecified atom stereocenters. The first kappa shape index (κ1) is 19.9. The first-order chi connectivity index (χ1) is 12.1. The third-order valence-corrected chi connectivity index (χ3v) is 5.49. The second-order valence-electron chi connectivity index (χ2n) is 7.10. The maximum Gasteiger partial charge on any atom is 0.231 e. The van der Waals surface area contributed by atoms with Gasteiger partial charge in [-0.05, 0) is 57.8 Å². The van der Waals surface area contributed by atoms with Crippen LogP contribution < -0.4 is 5.32 Å². The third kappa shape index (κ3) is 5.29. The number of hydrogen-bond acceptors (Lipinski definition) is 3. The lowest BCUT2D eigenvalue weighted by Gasteiger charge is -2.37. The Hall–Kier alpha value is -1.39. The fraction of sp³-hybridized carbons (Fsp3) is 0.667. The molecule has 1 aromatic rings. The van der Waals surface area contributed by atoms with E-state index in [0.29, 0.717) is 13.2 Å². The minimum absolute atomic E-state index is 0.164. The molecule has 0 bridgehead atoms. The number of nitrogens with zero attached hydrogens (tertiary/aromatic N) is 1. The van der Waals surface area contributed by atoms with Gasteiger partial charge >= 0.3 is 0 Å². The molecule has 2 rings (SSSR count). The molecule has 0 radical (unpaired) electrons.